The Hall–Kier alpha value is -2.70. The lowest BCUT2D eigenvalue weighted by Gasteiger charge is -2.14. The van der Waals surface area contributed by atoms with Crippen LogP contribution in [0.15, 0.2) is 70.2 Å². The number of ether oxygens (including phenoxy) is 3. The molecule has 7 heteroatoms. The van der Waals surface area contributed by atoms with Crippen molar-refractivity contribution in [2.45, 2.75) is 13.2 Å². The molecule has 30 heavy (non-hydrogen) atoms. The van der Waals surface area contributed by atoms with Gasteiger partial charge in [-0.2, -0.15) is 5.10 Å². The van der Waals surface area contributed by atoms with Gasteiger partial charge in [-0.25, -0.2) is 0 Å². The van der Waals surface area contributed by atoms with Crippen LogP contribution in [0.3, 0.4) is 0 Å². The third-order valence-electron chi connectivity index (χ3n) is 4.35. The Bertz CT molecular complexity index is 1030. The predicted molar refractivity (Wildman–Crippen MR) is 124 cm³/mol. The monoisotopic (exact) mass is 488 g/mol. The van der Waals surface area contributed by atoms with Crippen molar-refractivity contribution in [1.29, 1.82) is 0 Å². The van der Waals surface area contributed by atoms with Crippen molar-refractivity contribution < 1.29 is 14.2 Å². The molecule has 3 rings (SSSR count). The van der Waals surface area contributed by atoms with Crippen molar-refractivity contribution in [1.82, 2.24) is 5.43 Å². The minimum atomic E-state index is 0.336. The molecule has 0 saturated carbocycles. The Balaban J connectivity index is 1.67. The van der Waals surface area contributed by atoms with Crippen LogP contribution in [0.1, 0.15) is 16.7 Å². The Morgan fingerprint density at radius 2 is 1.67 bits per heavy atom. The predicted octanol–water partition coefficient (Wildman–Crippen LogP) is 5.82. The topological polar surface area (TPSA) is 52.1 Å². The summed E-state index contributed by atoms with van der Waals surface area (Å²) in [6.07, 6.45) is 1.72. The lowest BCUT2D eigenvalue weighted by Crippen LogP contribution is -2.07. The summed E-state index contributed by atoms with van der Waals surface area (Å²) in [5.41, 5.74) is 5.82. The smallest absolute Gasteiger partial charge is 0.175 e. The van der Waals surface area contributed by atoms with E-state index in [1.54, 1.807) is 20.4 Å². The molecule has 0 aromatic heterocycles. The molecule has 0 unspecified atom stereocenters. The van der Waals surface area contributed by atoms with E-state index in [1.807, 2.05) is 60.7 Å². The summed E-state index contributed by atoms with van der Waals surface area (Å²) in [4.78, 5) is 0. The summed E-state index contributed by atoms with van der Waals surface area (Å²) < 4.78 is 17.6. The Labute approximate surface area is 189 Å². The molecule has 0 fully saturated rings. The van der Waals surface area contributed by atoms with E-state index in [1.165, 1.54) is 0 Å². The molecule has 0 saturated heterocycles. The van der Waals surface area contributed by atoms with E-state index in [0.29, 0.717) is 29.7 Å². The molecule has 3 aromatic carbocycles. The number of nitrogens with one attached hydrogen (secondary N) is 1. The number of rotatable bonds is 9. The van der Waals surface area contributed by atoms with E-state index in [0.717, 1.165) is 26.9 Å². The van der Waals surface area contributed by atoms with Gasteiger partial charge >= 0.3 is 0 Å². The highest BCUT2D eigenvalue weighted by atomic mass is 79.9. The van der Waals surface area contributed by atoms with Crippen LogP contribution >= 0.6 is 27.5 Å². The van der Waals surface area contributed by atoms with Crippen LogP contribution < -0.4 is 19.6 Å². The highest BCUT2D eigenvalue weighted by Gasteiger charge is 2.12. The largest absolute Gasteiger partial charge is 0.496 e. The van der Waals surface area contributed by atoms with Crippen molar-refractivity contribution in [2.75, 3.05) is 14.2 Å². The molecule has 0 aliphatic heterocycles. The van der Waals surface area contributed by atoms with Crippen LogP contribution in [-0.2, 0) is 13.2 Å². The zero-order chi connectivity index (χ0) is 21.3. The van der Waals surface area contributed by atoms with Crippen LogP contribution in [0.25, 0.3) is 0 Å². The van der Waals surface area contributed by atoms with Gasteiger partial charge in [0.25, 0.3) is 0 Å². The quantitative estimate of drug-likeness (QED) is 0.304. The summed E-state index contributed by atoms with van der Waals surface area (Å²) in [6.45, 7) is 0.889. The molecule has 0 amide bonds. The lowest BCUT2D eigenvalue weighted by atomic mass is 10.2. The molecule has 0 heterocycles. The van der Waals surface area contributed by atoms with Gasteiger partial charge in [0.1, 0.15) is 12.4 Å². The molecule has 0 aliphatic rings. The highest BCUT2D eigenvalue weighted by molar-refractivity contribution is 9.10. The van der Waals surface area contributed by atoms with Gasteiger partial charge in [-0.3, -0.25) is 0 Å². The number of benzene rings is 3. The molecule has 156 valence electrons. The fourth-order valence-corrected chi connectivity index (χ4v) is 3.58. The second-order valence-electron chi connectivity index (χ2n) is 6.32. The minimum absolute atomic E-state index is 0.336. The maximum atomic E-state index is 6.21. The van der Waals surface area contributed by atoms with E-state index in [2.05, 4.69) is 26.5 Å². The summed E-state index contributed by atoms with van der Waals surface area (Å²) in [7, 11) is 3.26. The molecule has 1 N–H and O–H groups in total. The summed E-state index contributed by atoms with van der Waals surface area (Å²) in [5.74, 6) is 2.03. The molecule has 0 atom stereocenters. The van der Waals surface area contributed by atoms with Gasteiger partial charge in [0.2, 0.25) is 0 Å². The van der Waals surface area contributed by atoms with Crippen molar-refractivity contribution in [2.24, 2.45) is 5.10 Å². The Morgan fingerprint density at radius 3 is 2.40 bits per heavy atom. The SMILES string of the molecule is COc1ccccc1CN/N=C\c1cc(Br)c(OCc2ccccc2Cl)c(OC)c1. The van der Waals surface area contributed by atoms with E-state index >= 15 is 0 Å². The van der Waals surface area contributed by atoms with Gasteiger partial charge in [-0.1, -0.05) is 48.0 Å². The molecule has 0 aliphatic carbocycles. The van der Waals surface area contributed by atoms with E-state index in [-0.39, 0.29) is 0 Å². The highest BCUT2D eigenvalue weighted by Crippen LogP contribution is 2.37. The van der Waals surface area contributed by atoms with Gasteiger partial charge in [-0.05, 0) is 45.8 Å². The van der Waals surface area contributed by atoms with Crippen molar-refractivity contribution in [3.05, 3.63) is 86.8 Å². The first-order valence-corrected chi connectivity index (χ1v) is 10.4. The number of para-hydroxylation sites is 1. The first kappa shape index (κ1) is 22.0. The number of halogens is 2. The maximum Gasteiger partial charge on any atom is 0.175 e. The second-order valence-corrected chi connectivity index (χ2v) is 7.58. The number of nitrogens with zero attached hydrogens (tertiary/aromatic N) is 1. The average molecular weight is 490 g/mol. The van der Waals surface area contributed by atoms with E-state index in [9.17, 15) is 0 Å². The lowest BCUT2D eigenvalue weighted by molar-refractivity contribution is 0.282. The van der Waals surface area contributed by atoms with Gasteiger partial charge in [0.15, 0.2) is 11.5 Å². The maximum absolute atomic E-state index is 6.21. The minimum Gasteiger partial charge on any atom is -0.496 e. The molecule has 0 radical (unpaired) electrons. The first-order valence-electron chi connectivity index (χ1n) is 9.24. The zero-order valence-corrected chi connectivity index (χ0v) is 19.0. The molecule has 0 spiro atoms. The summed E-state index contributed by atoms with van der Waals surface area (Å²) in [6, 6.07) is 19.2. The average Bonchev–Trinajstić information content (AvgIpc) is 2.77. The van der Waals surface area contributed by atoms with Crippen LogP contribution in [0, 0.1) is 0 Å². The molecule has 3 aromatic rings. The van der Waals surface area contributed by atoms with Crippen LogP contribution in [0.2, 0.25) is 5.02 Å². The molecule has 0 bridgehead atoms. The molecular formula is C23H22BrClN2O3. The second kappa shape index (κ2) is 10.9. The first-order chi connectivity index (χ1) is 14.6. The molecular weight excluding hydrogens is 468 g/mol. The van der Waals surface area contributed by atoms with Gasteiger partial charge in [0.05, 0.1) is 31.5 Å². The third kappa shape index (κ3) is 5.68. The van der Waals surface area contributed by atoms with Gasteiger partial charge in [-0.15, -0.1) is 0 Å². The van der Waals surface area contributed by atoms with Crippen molar-refractivity contribution in [3.8, 4) is 17.2 Å². The molecule has 5 nitrogen and oxygen atoms in total. The third-order valence-corrected chi connectivity index (χ3v) is 5.31. The number of hydrogen-bond acceptors (Lipinski definition) is 5. The van der Waals surface area contributed by atoms with Crippen LogP contribution in [0.5, 0.6) is 17.2 Å². The van der Waals surface area contributed by atoms with Crippen molar-refractivity contribution >= 4 is 33.7 Å². The van der Waals surface area contributed by atoms with E-state index in [4.69, 9.17) is 25.8 Å². The zero-order valence-electron chi connectivity index (χ0n) is 16.7. The Morgan fingerprint density at radius 1 is 0.967 bits per heavy atom. The standard InChI is InChI=1S/C23H22BrClN2O3/c1-28-21-10-6-4-7-17(21)14-27-26-13-16-11-19(24)23(22(12-16)29-2)30-15-18-8-3-5-9-20(18)25/h3-13,27H,14-15H2,1-2H3/b26-13-. The normalized spacial score (nSPS) is 10.8. The summed E-state index contributed by atoms with van der Waals surface area (Å²) in [5, 5.41) is 4.96. The fraction of sp³-hybridized carbons (Fsp3) is 0.174. The number of hydrogen-bond donors (Lipinski definition) is 1. The number of methoxy groups -OCH3 is 2. The van der Waals surface area contributed by atoms with Gasteiger partial charge < -0.3 is 19.6 Å². The van der Waals surface area contributed by atoms with Crippen molar-refractivity contribution in [3.63, 3.8) is 0 Å². The van der Waals surface area contributed by atoms with Gasteiger partial charge in [0, 0.05) is 16.1 Å². The van der Waals surface area contributed by atoms with Crippen LogP contribution in [0.4, 0.5) is 0 Å². The Kier molecular flexibility index (Phi) is 7.99. The van der Waals surface area contributed by atoms with E-state index < -0.39 is 0 Å². The fourth-order valence-electron chi connectivity index (χ4n) is 2.82. The number of hydrazone groups is 1. The summed E-state index contributed by atoms with van der Waals surface area (Å²) >= 11 is 9.77. The van der Waals surface area contributed by atoms with Crippen LogP contribution in [-0.4, -0.2) is 20.4 Å².